The third-order valence-electron chi connectivity index (χ3n) is 4.77. The van der Waals surface area contributed by atoms with Crippen molar-refractivity contribution in [2.75, 3.05) is 5.32 Å². The number of pyridine rings is 1. The van der Waals surface area contributed by atoms with Crippen molar-refractivity contribution in [2.45, 2.75) is 37.2 Å². The summed E-state index contributed by atoms with van der Waals surface area (Å²) in [5.74, 6) is -0.109. The highest BCUT2D eigenvalue weighted by Gasteiger charge is 2.23. The van der Waals surface area contributed by atoms with Gasteiger partial charge >= 0.3 is 0 Å². The molecule has 1 amide bonds. The highest BCUT2D eigenvalue weighted by Crippen LogP contribution is 2.27. The fraction of sp³-hybridized carbons (Fsp3) is 0.217. The summed E-state index contributed by atoms with van der Waals surface area (Å²) in [7, 11) is 0. The third-order valence-corrected chi connectivity index (χ3v) is 7.02. The average molecular weight is 451 g/mol. The number of nitrogens with one attached hydrogen (secondary N) is 1. The van der Waals surface area contributed by atoms with Crippen molar-refractivity contribution >= 4 is 44.9 Å². The van der Waals surface area contributed by atoms with E-state index in [0.29, 0.717) is 28.3 Å². The van der Waals surface area contributed by atoms with E-state index in [-0.39, 0.29) is 11.5 Å². The van der Waals surface area contributed by atoms with E-state index in [0.717, 1.165) is 16.9 Å². The van der Waals surface area contributed by atoms with Crippen LogP contribution in [0.15, 0.2) is 70.1 Å². The summed E-state index contributed by atoms with van der Waals surface area (Å²) in [5.41, 5.74) is 3.15. The molecule has 1 N–H and O–H groups in total. The molecule has 31 heavy (non-hydrogen) atoms. The van der Waals surface area contributed by atoms with Crippen LogP contribution in [0.1, 0.15) is 24.6 Å². The summed E-state index contributed by atoms with van der Waals surface area (Å²) in [5, 5.41) is 4.98. The minimum absolute atomic E-state index is 0.109. The standard InChI is InChI=1S/C23H22N4O2S2/c1-3-19(21(28)25-16-9-6-7-15(2)13-16)31-23-26-18-10-12-30-20(18)22(29)27(23)14-17-8-4-5-11-24-17/h4-13,19H,3,14H2,1-2H3,(H,25,28). The summed E-state index contributed by atoms with van der Waals surface area (Å²) in [4.78, 5) is 35.2. The molecule has 0 bridgehead atoms. The zero-order chi connectivity index (χ0) is 21.8. The van der Waals surface area contributed by atoms with Crippen molar-refractivity contribution < 1.29 is 4.79 Å². The number of fused-ring (bicyclic) bond motifs is 1. The summed E-state index contributed by atoms with van der Waals surface area (Å²) < 4.78 is 2.23. The molecule has 0 fully saturated rings. The maximum Gasteiger partial charge on any atom is 0.272 e. The number of thioether (sulfide) groups is 1. The molecule has 3 aromatic heterocycles. The molecule has 0 saturated heterocycles. The molecule has 0 aliphatic heterocycles. The number of thiophene rings is 1. The van der Waals surface area contributed by atoms with Crippen LogP contribution in [0, 0.1) is 6.92 Å². The Kier molecular flexibility index (Phi) is 6.48. The molecule has 0 spiro atoms. The SMILES string of the molecule is CCC(Sc1nc2ccsc2c(=O)n1Cc1ccccn1)C(=O)Nc1cccc(C)c1. The van der Waals surface area contributed by atoms with Gasteiger partial charge < -0.3 is 5.32 Å². The number of hydrogen-bond acceptors (Lipinski definition) is 6. The summed E-state index contributed by atoms with van der Waals surface area (Å²) >= 11 is 2.69. The maximum atomic E-state index is 13.2. The molecule has 8 heteroatoms. The largest absolute Gasteiger partial charge is 0.325 e. The number of anilines is 1. The van der Waals surface area contributed by atoms with Crippen molar-refractivity contribution in [2.24, 2.45) is 0 Å². The van der Waals surface area contributed by atoms with E-state index < -0.39 is 5.25 Å². The van der Waals surface area contributed by atoms with Crippen LogP contribution in [-0.2, 0) is 11.3 Å². The van der Waals surface area contributed by atoms with Crippen LogP contribution in [0.4, 0.5) is 5.69 Å². The van der Waals surface area contributed by atoms with Crippen LogP contribution in [-0.4, -0.2) is 25.7 Å². The highest BCUT2D eigenvalue weighted by atomic mass is 32.2. The van der Waals surface area contributed by atoms with E-state index in [2.05, 4.69) is 10.3 Å². The molecule has 4 rings (SSSR count). The Labute approximate surface area is 188 Å². The van der Waals surface area contributed by atoms with Gasteiger partial charge in [0.15, 0.2) is 5.16 Å². The Morgan fingerprint density at radius 1 is 1.23 bits per heavy atom. The van der Waals surface area contributed by atoms with E-state index in [4.69, 9.17) is 4.98 Å². The number of hydrogen-bond donors (Lipinski definition) is 1. The number of carbonyl (C=O) groups excluding carboxylic acids is 1. The molecule has 1 aromatic carbocycles. The first kappa shape index (κ1) is 21.3. The molecule has 1 atom stereocenters. The van der Waals surface area contributed by atoms with E-state index in [9.17, 15) is 9.59 Å². The summed E-state index contributed by atoms with van der Waals surface area (Å²) in [6, 6.07) is 15.1. The molecule has 0 saturated carbocycles. The molecule has 1 unspecified atom stereocenters. The van der Waals surface area contributed by atoms with Crippen LogP contribution >= 0.6 is 23.1 Å². The minimum Gasteiger partial charge on any atom is -0.325 e. The Hall–Kier alpha value is -2.97. The van der Waals surface area contributed by atoms with Gasteiger partial charge in [0.1, 0.15) is 4.70 Å². The van der Waals surface area contributed by atoms with Gasteiger partial charge in [0.25, 0.3) is 5.56 Å². The normalized spacial score (nSPS) is 12.1. The number of aryl methyl sites for hydroxylation is 1. The summed E-state index contributed by atoms with van der Waals surface area (Å²) in [6.07, 6.45) is 2.30. The fourth-order valence-corrected chi connectivity index (χ4v) is 4.99. The number of amides is 1. The molecule has 0 radical (unpaired) electrons. The average Bonchev–Trinajstić information content (AvgIpc) is 3.24. The molecule has 0 aliphatic carbocycles. The van der Waals surface area contributed by atoms with Crippen LogP contribution in [0.2, 0.25) is 0 Å². The van der Waals surface area contributed by atoms with Crippen molar-refractivity contribution in [1.29, 1.82) is 0 Å². The lowest BCUT2D eigenvalue weighted by atomic mass is 10.2. The smallest absolute Gasteiger partial charge is 0.272 e. The second kappa shape index (κ2) is 9.45. The van der Waals surface area contributed by atoms with Gasteiger partial charge in [-0.1, -0.05) is 36.9 Å². The lowest BCUT2D eigenvalue weighted by molar-refractivity contribution is -0.115. The molecule has 4 aromatic rings. The van der Waals surface area contributed by atoms with Gasteiger partial charge in [0.2, 0.25) is 5.91 Å². The molecular weight excluding hydrogens is 428 g/mol. The maximum absolute atomic E-state index is 13.2. The van der Waals surface area contributed by atoms with E-state index in [1.165, 1.54) is 23.1 Å². The summed E-state index contributed by atoms with van der Waals surface area (Å²) in [6.45, 7) is 4.24. The molecule has 6 nitrogen and oxygen atoms in total. The van der Waals surface area contributed by atoms with Gasteiger partial charge in [-0.25, -0.2) is 4.98 Å². The first-order chi connectivity index (χ1) is 15.0. The lowest BCUT2D eigenvalue weighted by Gasteiger charge is -2.17. The number of aromatic nitrogens is 3. The minimum atomic E-state index is -0.390. The first-order valence-electron chi connectivity index (χ1n) is 9.97. The Balaban J connectivity index is 1.66. The number of carbonyl (C=O) groups is 1. The van der Waals surface area contributed by atoms with Gasteiger partial charge in [0.05, 0.1) is 23.0 Å². The van der Waals surface area contributed by atoms with Crippen LogP contribution in [0.25, 0.3) is 10.2 Å². The predicted octanol–water partition coefficient (Wildman–Crippen LogP) is 4.72. The topological polar surface area (TPSA) is 76.9 Å². The van der Waals surface area contributed by atoms with Crippen LogP contribution < -0.4 is 10.9 Å². The number of nitrogens with zero attached hydrogens (tertiary/aromatic N) is 3. The Bertz CT molecular complexity index is 1270. The van der Waals surface area contributed by atoms with Gasteiger partial charge in [-0.05, 0) is 54.6 Å². The molecule has 158 valence electrons. The molecule has 3 heterocycles. The number of benzene rings is 1. The third kappa shape index (κ3) is 4.86. The van der Waals surface area contributed by atoms with E-state index in [1.54, 1.807) is 10.8 Å². The van der Waals surface area contributed by atoms with Crippen LogP contribution in [0.5, 0.6) is 0 Å². The van der Waals surface area contributed by atoms with Crippen molar-refractivity contribution in [3.05, 3.63) is 81.7 Å². The zero-order valence-corrected chi connectivity index (χ0v) is 18.9. The van der Waals surface area contributed by atoms with Gasteiger partial charge in [-0.2, -0.15) is 0 Å². The van der Waals surface area contributed by atoms with Gasteiger partial charge in [0, 0.05) is 11.9 Å². The predicted molar refractivity (Wildman–Crippen MR) is 127 cm³/mol. The monoisotopic (exact) mass is 450 g/mol. The van der Waals surface area contributed by atoms with E-state index in [1.807, 2.05) is 67.8 Å². The first-order valence-corrected chi connectivity index (χ1v) is 11.7. The van der Waals surface area contributed by atoms with Gasteiger partial charge in [-0.15, -0.1) is 11.3 Å². The lowest BCUT2D eigenvalue weighted by Crippen LogP contribution is -2.28. The highest BCUT2D eigenvalue weighted by molar-refractivity contribution is 8.00. The van der Waals surface area contributed by atoms with Gasteiger partial charge in [-0.3, -0.25) is 19.1 Å². The van der Waals surface area contributed by atoms with Crippen molar-refractivity contribution in [3.8, 4) is 0 Å². The molecular formula is C23H22N4O2S2. The fourth-order valence-electron chi connectivity index (χ4n) is 3.20. The molecule has 0 aliphatic rings. The second-order valence-corrected chi connectivity index (χ2v) is 9.20. The quantitative estimate of drug-likeness (QED) is 0.326. The Morgan fingerprint density at radius 2 is 2.10 bits per heavy atom. The number of rotatable bonds is 7. The van der Waals surface area contributed by atoms with Crippen LogP contribution in [0.3, 0.4) is 0 Å². The van der Waals surface area contributed by atoms with Crippen molar-refractivity contribution in [3.63, 3.8) is 0 Å². The van der Waals surface area contributed by atoms with Crippen molar-refractivity contribution in [1.82, 2.24) is 14.5 Å². The van der Waals surface area contributed by atoms with E-state index >= 15 is 0 Å². The Morgan fingerprint density at radius 3 is 2.84 bits per heavy atom. The zero-order valence-electron chi connectivity index (χ0n) is 17.2. The second-order valence-electron chi connectivity index (χ2n) is 7.12.